The molecule has 1 amide bonds. The quantitative estimate of drug-likeness (QED) is 0.468. The van der Waals surface area contributed by atoms with Crippen molar-refractivity contribution in [2.75, 3.05) is 0 Å². The standard InChI is InChI=1S/C12H13BrNO2/c1-2-11-12(15)14(8-16-11)10-5-3-9(7-13)4-6-10/h3-6,8,11H,2,7H2,1H3/q-1. The van der Waals surface area contributed by atoms with Crippen LogP contribution in [-0.2, 0) is 14.9 Å². The van der Waals surface area contributed by atoms with Crippen LogP contribution in [0.15, 0.2) is 24.3 Å². The Morgan fingerprint density at radius 3 is 2.75 bits per heavy atom. The van der Waals surface area contributed by atoms with Crippen LogP contribution in [0.1, 0.15) is 18.9 Å². The van der Waals surface area contributed by atoms with Crippen LogP contribution in [0.25, 0.3) is 0 Å². The third kappa shape index (κ3) is 2.08. The highest BCUT2D eigenvalue weighted by atomic mass is 79.9. The predicted octanol–water partition coefficient (Wildman–Crippen LogP) is 1.53. The van der Waals surface area contributed by atoms with Gasteiger partial charge < -0.3 is 4.74 Å². The van der Waals surface area contributed by atoms with Crippen molar-refractivity contribution in [2.45, 2.75) is 24.8 Å². The van der Waals surface area contributed by atoms with Gasteiger partial charge in [0, 0.05) is 5.36 Å². The molecule has 16 heavy (non-hydrogen) atoms. The summed E-state index contributed by atoms with van der Waals surface area (Å²) >= 11 is 3.39. The van der Waals surface area contributed by atoms with E-state index in [1.165, 1.54) is 12.3 Å². The second kappa shape index (κ2) is 4.89. The van der Waals surface area contributed by atoms with Crippen LogP contribution in [0.5, 0.6) is 0 Å². The van der Waals surface area contributed by atoms with Gasteiger partial charge in [-0.3, -0.25) is 9.37 Å². The van der Waals surface area contributed by atoms with Gasteiger partial charge in [0.1, 0.15) is 6.10 Å². The van der Waals surface area contributed by atoms with Gasteiger partial charge in [0.15, 0.2) is 6.73 Å². The summed E-state index contributed by atoms with van der Waals surface area (Å²) in [4.78, 5) is 11.9. The molecule has 1 fully saturated rings. The zero-order chi connectivity index (χ0) is 11.5. The van der Waals surface area contributed by atoms with Crippen LogP contribution in [0.3, 0.4) is 0 Å². The average molecular weight is 283 g/mol. The molecule has 1 saturated heterocycles. The first-order chi connectivity index (χ1) is 7.76. The van der Waals surface area contributed by atoms with Crippen molar-refractivity contribution >= 4 is 21.8 Å². The van der Waals surface area contributed by atoms with Crippen molar-refractivity contribution in [3.63, 3.8) is 0 Å². The average Bonchev–Trinajstić information content (AvgIpc) is 2.70. The first-order valence-electron chi connectivity index (χ1n) is 5.23. The Morgan fingerprint density at radius 2 is 2.25 bits per heavy atom. The number of hydrogen-bond donors (Lipinski definition) is 0. The number of amides is 1. The fourth-order valence-corrected chi connectivity index (χ4v) is 1.98. The molecule has 0 aromatic heterocycles. The number of benzene rings is 1. The summed E-state index contributed by atoms with van der Waals surface area (Å²) in [5, 5.41) is 1.67. The Bertz CT molecular complexity index is 444. The third-order valence-electron chi connectivity index (χ3n) is 2.58. The van der Waals surface area contributed by atoms with E-state index in [4.69, 9.17) is 4.74 Å². The number of halogens is 1. The van der Waals surface area contributed by atoms with E-state index >= 15 is 0 Å². The number of nitrogens with zero attached hydrogens (tertiary/aromatic N) is 1. The van der Waals surface area contributed by atoms with Crippen LogP contribution < -0.4 is 9.93 Å². The van der Waals surface area contributed by atoms with Gasteiger partial charge in [0.05, 0.1) is 0 Å². The van der Waals surface area contributed by atoms with Crippen LogP contribution in [0.2, 0.25) is 0 Å². The molecule has 0 spiro atoms. The van der Waals surface area contributed by atoms with E-state index in [1.54, 1.807) is 4.58 Å². The molecule has 0 aliphatic carbocycles. The van der Waals surface area contributed by atoms with Crippen molar-refractivity contribution in [1.29, 1.82) is 0 Å². The zero-order valence-electron chi connectivity index (χ0n) is 9.02. The Labute approximate surface area is 103 Å². The molecule has 1 aliphatic heterocycles. The molecule has 0 bridgehead atoms. The highest BCUT2D eigenvalue weighted by molar-refractivity contribution is 9.08. The normalized spacial score (nSPS) is 20.0. The topological polar surface area (TPSA) is 29.3 Å². The van der Waals surface area contributed by atoms with Crippen molar-refractivity contribution in [3.8, 4) is 0 Å². The fraction of sp³-hybridized carbons (Fsp3) is 0.333. The van der Waals surface area contributed by atoms with E-state index in [0.717, 1.165) is 10.7 Å². The maximum atomic E-state index is 11.9. The Morgan fingerprint density at radius 1 is 1.56 bits per heavy atom. The minimum absolute atomic E-state index is 0.00842. The maximum absolute atomic E-state index is 11.9. The number of hydrogen-bond acceptors (Lipinski definition) is 2. The van der Waals surface area contributed by atoms with Gasteiger partial charge in [-0.1, -0.05) is 6.92 Å². The number of ether oxygens (including phenoxy) is 1. The van der Waals surface area contributed by atoms with Gasteiger partial charge in [0.2, 0.25) is 0 Å². The molecular formula is C12H13BrNO2-. The van der Waals surface area contributed by atoms with Gasteiger partial charge in [-0.25, -0.2) is 0 Å². The largest absolute Gasteiger partial charge is 0.353 e. The van der Waals surface area contributed by atoms with Crippen molar-refractivity contribution < 1.29 is 9.53 Å². The van der Waals surface area contributed by atoms with E-state index in [2.05, 4.69) is 15.9 Å². The minimum atomic E-state index is -0.323. The first kappa shape index (κ1) is 11.5. The van der Waals surface area contributed by atoms with Crippen molar-refractivity contribution in [1.82, 2.24) is 4.58 Å². The summed E-state index contributed by atoms with van der Waals surface area (Å²) in [6.07, 6.45) is 0.376. The molecule has 2 rings (SSSR count). The van der Waals surface area contributed by atoms with Gasteiger partial charge in [0.25, 0.3) is 0 Å². The smallest absolute Gasteiger partial charge is 0.311 e. The number of alkyl halides is 1. The van der Waals surface area contributed by atoms with E-state index in [9.17, 15) is 4.79 Å². The maximum Gasteiger partial charge on any atom is 0.311 e. The molecular weight excluding hydrogens is 270 g/mol. The van der Waals surface area contributed by atoms with Crippen LogP contribution in [0.4, 0.5) is 0 Å². The van der Waals surface area contributed by atoms with Crippen LogP contribution in [-0.4, -0.2) is 12.0 Å². The Kier molecular flexibility index (Phi) is 3.51. The Hall–Kier alpha value is -1.00. The molecule has 0 radical (unpaired) electrons. The summed E-state index contributed by atoms with van der Waals surface area (Å²) in [6, 6.07) is 7.83. The fourth-order valence-electron chi connectivity index (χ4n) is 1.60. The summed E-state index contributed by atoms with van der Waals surface area (Å²) in [5.41, 5.74) is 1.18. The molecule has 3 nitrogen and oxygen atoms in total. The molecule has 1 atom stereocenters. The van der Waals surface area contributed by atoms with E-state index in [1.807, 2.05) is 31.2 Å². The van der Waals surface area contributed by atoms with E-state index in [-0.39, 0.29) is 12.0 Å². The lowest BCUT2D eigenvalue weighted by atomic mass is 10.2. The molecule has 1 aromatic carbocycles. The lowest BCUT2D eigenvalue weighted by Gasteiger charge is -2.05. The van der Waals surface area contributed by atoms with E-state index < -0.39 is 0 Å². The number of carbonyl (C=O) groups excluding carboxylic acids is 1. The molecule has 4 heteroatoms. The second-order valence-electron chi connectivity index (χ2n) is 3.65. The Balaban J connectivity index is 2.37. The molecule has 1 aliphatic rings. The first-order valence-corrected chi connectivity index (χ1v) is 6.35. The van der Waals surface area contributed by atoms with Gasteiger partial charge in [-0.2, -0.15) is 24.3 Å². The molecule has 0 saturated carbocycles. The second-order valence-corrected chi connectivity index (χ2v) is 4.21. The van der Waals surface area contributed by atoms with Gasteiger partial charge >= 0.3 is 5.91 Å². The van der Waals surface area contributed by atoms with Crippen LogP contribution >= 0.6 is 15.9 Å². The SMILES string of the molecule is CCC1O[CH-][N+](=c2cc[c-](CBr)cc2)C1=O. The number of rotatable bonds is 2. The summed E-state index contributed by atoms with van der Waals surface area (Å²) < 4.78 is 6.84. The third-order valence-corrected chi connectivity index (χ3v) is 3.23. The van der Waals surface area contributed by atoms with Crippen molar-refractivity contribution in [2.24, 2.45) is 0 Å². The zero-order valence-corrected chi connectivity index (χ0v) is 10.6. The highest BCUT2D eigenvalue weighted by Crippen LogP contribution is 2.09. The summed E-state index contributed by atoms with van der Waals surface area (Å²) in [6.45, 7) is 3.44. The van der Waals surface area contributed by atoms with Crippen LogP contribution in [0, 0.1) is 6.73 Å². The minimum Gasteiger partial charge on any atom is -0.353 e. The lowest BCUT2D eigenvalue weighted by molar-refractivity contribution is -0.124. The monoisotopic (exact) mass is 282 g/mol. The number of carbonyl (C=O) groups is 1. The van der Waals surface area contributed by atoms with Gasteiger partial charge in [-0.05, 0) is 11.8 Å². The highest BCUT2D eigenvalue weighted by Gasteiger charge is 2.28. The summed E-state index contributed by atoms with van der Waals surface area (Å²) in [5.74, 6) is 0.00842. The predicted molar refractivity (Wildman–Crippen MR) is 64.4 cm³/mol. The van der Waals surface area contributed by atoms with Gasteiger partial charge in [-0.15, -0.1) is 21.5 Å². The molecule has 1 aromatic rings. The van der Waals surface area contributed by atoms with E-state index in [0.29, 0.717) is 6.42 Å². The van der Waals surface area contributed by atoms with Crippen molar-refractivity contribution in [3.05, 3.63) is 41.9 Å². The molecule has 1 unspecified atom stereocenters. The molecule has 0 N–H and O–H groups in total. The lowest BCUT2D eigenvalue weighted by Crippen LogP contribution is -2.32. The molecule has 86 valence electrons. The summed E-state index contributed by atoms with van der Waals surface area (Å²) in [7, 11) is 0. The molecule has 1 heterocycles.